The van der Waals surface area contributed by atoms with E-state index in [0.717, 1.165) is 16.6 Å². The molecule has 0 aliphatic heterocycles. The molecule has 3 aromatic rings. The van der Waals surface area contributed by atoms with Gasteiger partial charge in [-0.05, 0) is 38.0 Å². The lowest BCUT2D eigenvalue weighted by atomic mass is 10.0. The van der Waals surface area contributed by atoms with Crippen LogP contribution in [0.15, 0.2) is 32.8 Å². The summed E-state index contributed by atoms with van der Waals surface area (Å²) in [6, 6.07) is 5.36. The maximum atomic E-state index is 12.3. The van der Waals surface area contributed by atoms with Crippen molar-refractivity contribution in [2.75, 3.05) is 12.4 Å². The smallest absolute Gasteiger partial charge is 0.339 e. The molecule has 0 radical (unpaired) electrons. The number of benzene rings is 1. The zero-order chi connectivity index (χ0) is 18.0. The summed E-state index contributed by atoms with van der Waals surface area (Å²) >= 11 is 1.38. The van der Waals surface area contributed by atoms with Crippen molar-refractivity contribution in [3.63, 3.8) is 0 Å². The van der Waals surface area contributed by atoms with Gasteiger partial charge in [-0.15, -0.1) is 11.3 Å². The Morgan fingerprint density at radius 2 is 2.16 bits per heavy atom. The highest BCUT2D eigenvalue weighted by atomic mass is 32.1. The number of carbonyl (C=O) groups excluding carboxylic acids is 1. The topological polar surface area (TPSA) is 81.4 Å². The Morgan fingerprint density at radius 1 is 1.36 bits per heavy atom. The number of anilines is 1. The number of methoxy groups -OCH3 is 1. The van der Waals surface area contributed by atoms with E-state index in [4.69, 9.17) is 9.15 Å². The molecule has 1 aromatic carbocycles. The fourth-order valence-corrected chi connectivity index (χ4v) is 3.33. The molecular weight excluding hydrogens is 340 g/mol. The first kappa shape index (κ1) is 17.2. The normalized spacial score (nSPS) is 10.8. The van der Waals surface area contributed by atoms with Crippen LogP contribution in [-0.4, -0.2) is 18.0 Å². The number of fused-ring (bicyclic) bond motifs is 1. The number of carbonyl (C=O) groups is 1. The van der Waals surface area contributed by atoms with Crippen LogP contribution in [0, 0.1) is 13.8 Å². The molecule has 0 spiro atoms. The molecule has 1 N–H and O–H groups in total. The van der Waals surface area contributed by atoms with Crippen LogP contribution in [0.3, 0.4) is 0 Å². The van der Waals surface area contributed by atoms with Gasteiger partial charge in [0.1, 0.15) is 11.3 Å². The van der Waals surface area contributed by atoms with Crippen molar-refractivity contribution in [2.45, 2.75) is 26.7 Å². The van der Waals surface area contributed by atoms with Crippen molar-refractivity contribution in [1.82, 2.24) is 4.98 Å². The molecule has 0 bridgehead atoms. The van der Waals surface area contributed by atoms with Crippen LogP contribution in [0.25, 0.3) is 11.0 Å². The number of thiazole rings is 1. The van der Waals surface area contributed by atoms with Crippen molar-refractivity contribution in [2.24, 2.45) is 0 Å². The zero-order valence-corrected chi connectivity index (χ0v) is 15.0. The molecule has 0 fully saturated rings. The summed E-state index contributed by atoms with van der Waals surface area (Å²) in [5.74, 6) is 0.448. The van der Waals surface area contributed by atoms with Crippen LogP contribution in [0.1, 0.15) is 23.2 Å². The number of nitrogens with one attached hydrogen (secondary N) is 1. The predicted molar refractivity (Wildman–Crippen MR) is 97.6 cm³/mol. The Hall–Kier alpha value is -2.67. The minimum absolute atomic E-state index is 0.178. The highest BCUT2D eigenvalue weighted by molar-refractivity contribution is 7.13. The Bertz CT molecular complexity index is 990. The molecule has 0 saturated heterocycles. The third-order valence-electron chi connectivity index (χ3n) is 3.96. The standard InChI is InChI=1S/C18H18N2O4S/c1-10-9-25-18(19-10)20-16(21)7-6-14-11(2)13-5-4-12(23-3)8-15(13)24-17(14)22/h4-5,8-9H,6-7H2,1-3H3,(H,19,20,21). The second-order valence-electron chi connectivity index (χ2n) is 5.70. The third-order valence-corrected chi connectivity index (χ3v) is 4.84. The third kappa shape index (κ3) is 3.71. The molecule has 2 aromatic heterocycles. The van der Waals surface area contributed by atoms with Gasteiger partial charge in [-0.1, -0.05) is 0 Å². The van der Waals surface area contributed by atoms with Crippen molar-refractivity contribution in [1.29, 1.82) is 0 Å². The number of ether oxygens (including phenoxy) is 1. The van der Waals surface area contributed by atoms with E-state index in [2.05, 4.69) is 10.3 Å². The van der Waals surface area contributed by atoms with Crippen LogP contribution < -0.4 is 15.7 Å². The minimum atomic E-state index is -0.420. The lowest BCUT2D eigenvalue weighted by molar-refractivity contribution is -0.116. The Labute approximate surface area is 148 Å². The molecule has 1 amide bonds. The lowest BCUT2D eigenvalue weighted by Gasteiger charge is -2.08. The molecule has 25 heavy (non-hydrogen) atoms. The summed E-state index contributed by atoms with van der Waals surface area (Å²) in [5.41, 5.74) is 2.26. The van der Waals surface area contributed by atoms with Crippen molar-refractivity contribution in [3.8, 4) is 5.75 Å². The van der Waals surface area contributed by atoms with Gasteiger partial charge in [-0.2, -0.15) is 0 Å². The molecule has 130 valence electrons. The maximum Gasteiger partial charge on any atom is 0.339 e. The Morgan fingerprint density at radius 3 is 2.84 bits per heavy atom. The van der Waals surface area contributed by atoms with E-state index in [0.29, 0.717) is 28.4 Å². The van der Waals surface area contributed by atoms with Crippen molar-refractivity contribution >= 4 is 33.3 Å². The number of amides is 1. The highest BCUT2D eigenvalue weighted by Gasteiger charge is 2.14. The number of aryl methyl sites for hydroxylation is 2. The number of hydrogen-bond acceptors (Lipinski definition) is 6. The largest absolute Gasteiger partial charge is 0.497 e. The van der Waals surface area contributed by atoms with Gasteiger partial charge in [-0.25, -0.2) is 9.78 Å². The first-order valence-corrected chi connectivity index (χ1v) is 8.68. The SMILES string of the molecule is COc1ccc2c(C)c(CCC(=O)Nc3nc(C)cs3)c(=O)oc2c1. The second-order valence-corrected chi connectivity index (χ2v) is 6.56. The van der Waals surface area contributed by atoms with E-state index in [9.17, 15) is 9.59 Å². The molecule has 6 nitrogen and oxygen atoms in total. The van der Waals surface area contributed by atoms with Crippen LogP contribution >= 0.6 is 11.3 Å². The lowest BCUT2D eigenvalue weighted by Crippen LogP contribution is -2.16. The summed E-state index contributed by atoms with van der Waals surface area (Å²) in [6.45, 7) is 3.73. The molecule has 0 aliphatic rings. The van der Waals surface area contributed by atoms with Crippen LogP contribution in [-0.2, 0) is 11.2 Å². The molecule has 0 atom stereocenters. The number of nitrogens with zero attached hydrogens (tertiary/aromatic N) is 1. The molecule has 0 saturated carbocycles. The zero-order valence-electron chi connectivity index (χ0n) is 14.2. The van der Waals surface area contributed by atoms with Gasteiger partial charge < -0.3 is 14.5 Å². The molecular formula is C18H18N2O4S. The monoisotopic (exact) mass is 358 g/mol. The summed E-state index contributed by atoms with van der Waals surface area (Å²) in [4.78, 5) is 28.5. The molecule has 7 heteroatoms. The minimum Gasteiger partial charge on any atom is -0.497 e. The number of aromatic nitrogens is 1. The van der Waals surface area contributed by atoms with Crippen LogP contribution in [0.5, 0.6) is 5.75 Å². The second kappa shape index (κ2) is 7.06. The summed E-state index contributed by atoms with van der Waals surface area (Å²) in [5, 5.41) is 6.02. The fourth-order valence-electron chi connectivity index (χ4n) is 2.62. The van der Waals surface area contributed by atoms with E-state index in [1.165, 1.54) is 11.3 Å². The van der Waals surface area contributed by atoms with Crippen molar-refractivity contribution in [3.05, 3.63) is 50.8 Å². The van der Waals surface area contributed by atoms with E-state index >= 15 is 0 Å². The molecule has 0 unspecified atom stereocenters. The predicted octanol–water partition coefficient (Wildman–Crippen LogP) is 3.45. The van der Waals surface area contributed by atoms with Crippen LogP contribution in [0.4, 0.5) is 5.13 Å². The van der Waals surface area contributed by atoms with E-state index in [1.54, 1.807) is 13.2 Å². The van der Waals surface area contributed by atoms with Gasteiger partial charge in [0, 0.05) is 28.8 Å². The number of hydrogen-bond donors (Lipinski definition) is 1. The van der Waals surface area contributed by atoms with Gasteiger partial charge in [-0.3, -0.25) is 4.79 Å². The maximum absolute atomic E-state index is 12.3. The van der Waals surface area contributed by atoms with Crippen LogP contribution in [0.2, 0.25) is 0 Å². The summed E-state index contributed by atoms with van der Waals surface area (Å²) < 4.78 is 10.5. The van der Waals surface area contributed by atoms with E-state index < -0.39 is 5.63 Å². The van der Waals surface area contributed by atoms with Gasteiger partial charge in [0.15, 0.2) is 5.13 Å². The van der Waals surface area contributed by atoms with E-state index in [1.807, 2.05) is 31.4 Å². The number of rotatable bonds is 5. The van der Waals surface area contributed by atoms with Gasteiger partial charge in [0.2, 0.25) is 5.91 Å². The molecule has 3 rings (SSSR count). The fraction of sp³-hybridized carbons (Fsp3) is 0.278. The summed E-state index contributed by atoms with van der Waals surface area (Å²) in [7, 11) is 1.56. The van der Waals surface area contributed by atoms with Gasteiger partial charge in [0.05, 0.1) is 12.8 Å². The highest BCUT2D eigenvalue weighted by Crippen LogP contribution is 2.24. The van der Waals surface area contributed by atoms with Gasteiger partial charge in [0.25, 0.3) is 0 Å². The average molecular weight is 358 g/mol. The van der Waals surface area contributed by atoms with Gasteiger partial charge >= 0.3 is 5.63 Å². The summed E-state index contributed by atoms with van der Waals surface area (Å²) in [6.07, 6.45) is 0.498. The average Bonchev–Trinajstić information content (AvgIpc) is 2.98. The Kier molecular flexibility index (Phi) is 4.85. The molecule has 0 aliphatic carbocycles. The molecule has 2 heterocycles. The first-order chi connectivity index (χ1) is 12.0. The quantitative estimate of drug-likeness (QED) is 0.707. The Balaban J connectivity index is 1.79. The first-order valence-electron chi connectivity index (χ1n) is 7.80. The van der Waals surface area contributed by atoms with E-state index in [-0.39, 0.29) is 12.3 Å². The van der Waals surface area contributed by atoms with Crippen molar-refractivity contribution < 1.29 is 13.9 Å².